The van der Waals surface area contributed by atoms with Crippen molar-refractivity contribution in [2.24, 2.45) is 11.3 Å². The summed E-state index contributed by atoms with van der Waals surface area (Å²) in [7, 11) is 0. The van der Waals surface area contributed by atoms with Gasteiger partial charge in [0.2, 0.25) is 5.91 Å². The van der Waals surface area contributed by atoms with Crippen molar-refractivity contribution in [1.82, 2.24) is 15.5 Å². The zero-order valence-electron chi connectivity index (χ0n) is 13.9. The molecule has 4 heteroatoms. The van der Waals surface area contributed by atoms with Gasteiger partial charge in [-0.2, -0.15) is 0 Å². The van der Waals surface area contributed by atoms with Gasteiger partial charge in [0.1, 0.15) is 0 Å². The predicted molar refractivity (Wildman–Crippen MR) is 87.3 cm³/mol. The Morgan fingerprint density at radius 1 is 1.29 bits per heavy atom. The largest absolute Gasteiger partial charge is 0.355 e. The van der Waals surface area contributed by atoms with Gasteiger partial charge >= 0.3 is 0 Å². The number of nitrogens with zero attached hydrogens (tertiary/aromatic N) is 1. The molecule has 0 spiro atoms. The molecule has 122 valence electrons. The number of rotatable bonds is 6. The molecule has 21 heavy (non-hydrogen) atoms. The van der Waals surface area contributed by atoms with Crippen LogP contribution in [-0.4, -0.2) is 50.1 Å². The van der Waals surface area contributed by atoms with Crippen LogP contribution in [-0.2, 0) is 4.79 Å². The van der Waals surface area contributed by atoms with Crippen molar-refractivity contribution in [3.8, 4) is 0 Å². The molecule has 2 N–H and O–H groups in total. The molecule has 2 unspecified atom stereocenters. The van der Waals surface area contributed by atoms with Crippen molar-refractivity contribution < 1.29 is 4.79 Å². The Morgan fingerprint density at radius 3 is 2.67 bits per heavy atom. The number of hydrogen-bond donors (Lipinski definition) is 2. The summed E-state index contributed by atoms with van der Waals surface area (Å²) in [5.41, 5.74) is -0.164. The van der Waals surface area contributed by atoms with E-state index in [1.165, 1.54) is 32.4 Å². The maximum atomic E-state index is 12.6. The average Bonchev–Trinajstić information content (AvgIpc) is 2.54. The number of piperidine rings is 2. The van der Waals surface area contributed by atoms with E-state index in [0.717, 1.165) is 45.4 Å². The van der Waals surface area contributed by atoms with Crippen LogP contribution in [0.3, 0.4) is 0 Å². The van der Waals surface area contributed by atoms with E-state index in [2.05, 4.69) is 29.4 Å². The van der Waals surface area contributed by atoms with Gasteiger partial charge in [-0.15, -0.1) is 0 Å². The van der Waals surface area contributed by atoms with Crippen molar-refractivity contribution in [2.75, 3.05) is 39.3 Å². The number of nitrogens with one attached hydrogen (secondary N) is 2. The van der Waals surface area contributed by atoms with Gasteiger partial charge in [0.25, 0.3) is 0 Å². The molecular formula is C17H33N3O. The Kier molecular flexibility index (Phi) is 6.49. The first-order valence-electron chi connectivity index (χ1n) is 8.88. The normalized spacial score (nSPS) is 29.0. The highest BCUT2D eigenvalue weighted by molar-refractivity contribution is 5.83. The van der Waals surface area contributed by atoms with Crippen LogP contribution in [0.1, 0.15) is 52.4 Å². The molecule has 0 aliphatic carbocycles. The highest BCUT2D eigenvalue weighted by Gasteiger charge is 2.37. The van der Waals surface area contributed by atoms with E-state index >= 15 is 0 Å². The van der Waals surface area contributed by atoms with Crippen LogP contribution in [0.5, 0.6) is 0 Å². The highest BCUT2D eigenvalue weighted by atomic mass is 16.2. The first-order chi connectivity index (χ1) is 10.2. The Morgan fingerprint density at radius 2 is 2.05 bits per heavy atom. The van der Waals surface area contributed by atoms with E-state index in [9.17, 15) is 4.79 Å². The quantitative estimate of drug-likeness (QED) is 0.788. The summed E-state index contributed by atoms with van der Waals surface area (Å²) in [5, 5.41) is 6.62. The van der Waals surface area contributed by atoms with E-state index in [4.69, 9.17) is 0 Å². The van der Waals surface area contributed by atoms with Crippen LogP contribution in [0.15, 0.2) is 0 Å². The topological polar surface area (TPSA) is 44.4 Å². The second kappa shape index (κ2) is 8.14. The Balaban J connectivity index is 1.74. The lowest BCUT2D eigenvalue weighted by atomic mass is 9.77. The van der Waals surface area contributed by atoms with Gasteiger partial charge in [-0.3, -0.25) is 4.79 Å². The third kappa shape index (κ3) is 4.68. The molecule has 0 aromatic heterocycles. The molecule has 4 nitrogen and oxygen atoms in total. The van der Waals surface area contributed by atoms with Crippen LogP contribution < -0.4 is 10.6 Å². The molecule has 2 atom stereocenters. The first-order valence-corrected chi connectivity index (χ1v) is 8.88. The number of carbonyl (C=O) groups excluding carboxylic acids is 1. The van der Waals surface area contributed by atoms with E-state index in [1.807, 2.05) is 0 Å². The minimum Gasteiger partial charge on any atom is -0.355 e. The fourth-order valence-electron chi connectivity index (χ4n) is 3.73. The molecule has 0 aromatic rings. The van der Waals surface area contributed by atoms with Gasteiger partial charge < -0.3 is 15.5 Å². The van der Waals surface area contributed by atoms with Crippen LogP contribution in [0.2, 0.25) is 0 Å². The van der Waals surface area contributed by atoms with Crippen molar-refractivity contribution in [3.05, 3.63) is 0 Å². The summed E-state index contributed by atoms with van der Waals surface area (Å²) in [5.74, 6) is 0.806. The number of hydrogen-bond acceptors (Lipinski definition) is 3. The zero-order valence-corrected chi connectivity index (χ0v) is 13.9. The zero-order chi connectivity index (χ0) is 15.1. The maximum absolute atomic E-state index is 12.6. The van der Waals surface area contributed by atoms with Gasteiger partial charge in [-0.05, 0) is 57.7 Å². The van der Waals surface area contributed by atoms with Crippen molar-refractivity contribution in [2.45, 2.75) is 52.4 Å². The lowest BCUT2D eigenvalue weighted by Gasteiger charge is -2.36. The smallest absolute Gasteiger partial charge is 0.227 e. The summed E-state index contributed by atoms with van der Waals surface area (Å²) >= 11 is 0. The average molecular weight is 295 g/mol. The van der Waals surface area contributed by atoms with E-state index in [-0.39, 0.29) is 11.3 Å². The SMILES string of the molecule is CCC1(C(=O)NCC(C)CN2CCCCC2)CCCNC1. The van der Waals surface area contributed by atoms with Crippen molar-refractivity contribution >= 4 is 5.91 Å². The van der Waals surface area contributed by atoms with E-state index in [0.29, 0.717) is 5.92 Å². The third-order valence-electron chi connectivity index (χ3n) is 5.26. The second-order valence-electron chi connectivity index (χ2n) is 7.09. The molecule has 1 amide bonds. The fourth-order valence-corrected chi connectivity index (χ4v) is 3.73. The first kappa shape index (κ1) is 16.8. The molecule has 0 saturated carbocycles. The number of amides is 1. The van der Waals surface area contributed by atoms with Crippen LogP contribution >= 0.6 is 0 Å². The number of likely N-dealkylation sites (tertiary alicyclic amines) is 1. The summed E-state index contributed by atoms with van der Waals surface area (Å²) in [6.45, 7) is 10.7. The second-order valence-corrected chi connectivity index (χ2v) is 7.09. The van der Waals surface area contributed by atoms with E-state index < -0.39 is 0 Å². The predicted octanol–water partition coefficient (Wildman–Crippen LogP) is 2.00. The Hall–Kier alpha value is -0.610. The van der Waals surface area contributed by atoms with Crippen LogP contribution in [0, 0.1) is 11.3 Å². The lowest BCUT2D eigenvalue weighted by Crippen LogP contribution is -2.51. The molecule has 0 radical (unpaired) electrons. The molecule has 2 heterocycles. The molecule has 0 bridgehead atoms. The molecule has 2 rings (SSSR count). The summed E-state index contributed by atoms with van der Waals surface area (Å²) < 4.78 is 0. The summed E-state index contributed by atoms with van der Waals surface area (Å²) in [6.07, 6.45) is 7.14. The van der Waals surface area contributed by atoms with E-state index in [1.54, 1.807) is 0 Å². The third-order valence-corrected chi connectivity index (χ3v) is 5.26. The van der Waals surface area contributed by atoms with Gasteiger partial charge in [0, 0.05) is 19.6 Å². The molecular weight excluding hydrogens is 262 g/mol. The van der Waals surface area contributed by atoms with Crippen molar-refractivity contribution in [3.63, 3.8) is 0 Å². The standard InChI is InChI=1S/C17H33N3O/c1-3-17(8-7-9-18-14-17)16(21)19-12-15(2)13-20-10-5-4-6-11-20/h15,18H,3-14H2,1-2H3,(H,19,21). The van der Waals surface area contributed by atoms with Crippen LogP contribution in [0.25, 0.3) is 0 Å². The highest BCUT2D eigenvalue weighted by Crippen LogP contribution is 2.30. The summed E-state index contributed by atoms with van der Waals surface area (Å²) in [4.78, 5) is 15.1. The van der Waals surface area contributed by atoms with Gasteiger partial charge in [0.15, 0.2) is 0 Å². The van der Waals surface area contributed by atoms with Crippen molar-refractivity contribution in [1.29, 1.82) is 0 Å². The van der Waals surface area contributed by atoms with Gasteiger partial charge in [-0.1, -0.05) is 20.3 Å². The number of carbonyl (C=O) groups is 1. The lowest BCUT2D eigenvalue weighted by molar-refractivity contribution is -0.132. The minimum absolute atomic E-state index is 0.164. The monoisotopic (exact) mass is 295 g/mol. The maximum Gasteiger partial charge on any atom is 0.227 e. The minimum atomic E-state index is -0.164. The fraction of sp³-hybridized carbons (Fsp3) is 0.941. The van der Waals surface area contributed by atoms with Gasteiger partial charge in [0.05, 0.1) is 5.41 Å². The Labute approximate surface area is 130 Å². The van der Waals surface area contributed by atoms with Gasteiger partial charge in [-0.25, -0.2) is 0 Å². The summed E-state index contributed by atoms with van der Waals surface area (Å²) in [6, 6.07) is 0. The van der Waals surface area contributed by atoms with Crippen LogP contribution in [0.4, 0.5) is 0 Å². The molecule has 2 saturated heterocycles. The molecule has 2 fully saturated rings. The Bertz CT molecular complexity index is 320. The molecule has 2 aliphatic rings. The molecule has 0 aromatic carbocycles. The molecule has 2 aliphatic heterocycles.